The summed E-state index contributed by atoms with van der Waals surface area (Å²) < 4.78 is 23.5. The normalized spacial score (nSPS) is 16.4. The van der Waals surface area contributed by atoms with Crippen LogP contribution in [-0.2, 0) is 19.0 Å². The van der Waals surface area contributed by atoms with E-state index in [9.17, 15) is 14.4 Å². The van der Waals surface area contributed by atoms with E-state index >= 15 is 0 Å². The SMILES string of the molecule is COC(=O)N[C@H](C(=O)N1CCC[C@H]1c1ncc(-c2ccc3c(c2)oc2cc(-c4cccn4C(=O)OC(C)(C)C)ccc23)[nH]1)[C@@H](C)OC. The van der Waals surface area contributed by atoms with Gasteiger partial charge in [-0.15, -0.1) is 0 Å². The highest BCUT2D eigenvalue weighted by atomic mass is 16.6. The van der Waals surface area contributed by atoms with E-state index in [0.717, 1.165) is 40.4 Å². The van der Waals surface area contributed by atoms with Crippen LogP contribution in [0.1, 0.15) is 52.4 Å². The third-order valence-electron chi connectivity index (χ3n) is 8.43. The van der Waals surface area contributed by atoms with Gasteiger partial charge in [0.15, 0.2) is 0 Å². The molecular formula is C35H39N5O7. The Kier molecular flexibility index (Phi) is 8.54. The maximum absolute atomic E-state index is 13.6. The van der Waals surface area contributed by atoms with Crippen LogP contribution in [0.5, 0.6) is 0 Å². The number of nitrogens with one attached hydrogen (secondary N) is 2. The molecule has 1 saturated heterocycles. The number of imidazole rings is 1. The molecule has 0 spiro atoms. The average molecular weight is 642 g/mol. The summed E-state index contributed by atoms with van der Waals surface area (Å²) in [5.41, 5.74) is 3.97. The van der Waals surface area contributed by atoms with Gasteiger partial charge in [-0.05, 0) is 76.9 Å². The number of nitrogens with zero attached hydrogens (tertiary/aromatic N) is 3. The second kappa shape index (κ2) is 12.6. The average Bonchev–Trinajstić information content (AvgIpc) is 3.86. The van der Waals surface area contributed by atoms with Crippen molar-refractivity contribution in [3.63, 3.8) is 0 Å². The summed E-state index contributed by atoms with van der Waals surface area (Å²) in [7, 11) is 2.75. The van der Waals surface area contributed by atoms with Gasteiger partial charge in [-0.3, -0.25) is 9.36 Å². The van der Waals surface area contributed by atoms with Crippen LogP contribution in [0.4, 0.5) is 9.59 Å². The molecule has 47 heavy (non-hydrogen) atoms. The molecule has 2 N–H and O–H groups in total. The number of fused-ring (bicyclic) bond motifs is 3. The van der Waals surface area contributed by atoms with E-state index in [0.29, 0.717) is 29.2 Å². The first-order chi connectivity index (χ1) is 22.5. The minimum absolute atomic E-state index is 0.258. The lowest BCUT2D eigenvalue weighted by Crippen LogP contribution is -2.54. The molecule has 246 valence electrons. The highest BCUT2D eigenvalue weighted by Crippen LogP contribution is 2.36. The van der Waals surface area contributed by atoms with Crippen LogP contribution in [-0.4, -0.2) is 76.0 Å². The highest BCUT2D eigenvalue weighted by molar-refractivity contribution is 6.07. The number of hydrogen-bond acceptors (Lipinski definition) is 8. The van der Waals surface area contributed by atoms with Crippen molar-refractivity contribution in [3.05, 3.63) is 66.7 Å². The Morgan fingerprint density at radius 2 is 1.74 bits per heavy atom. The number of hydrogen-bond donors (Lipinski definition) is 2. The van der Waals surface area contributed by atoms with Gasteiger partial charge in [0, 0.05) is 41.8 Å². The number of carbonyl (C=O) groups excluding carboxylic acids is 3. The molecule has 0 radical (unpaired) electrons. The van der Waals surface area contributed by atoms with E-state index in [1.165, 1.54) is 18.8 Å². The molecule has 3 aromatic heterocycles. The minimum atomic E-state index is -0.903. The van der Waals surface area contributed by atoms with E-state index in [2.05, 4.69) is 15.3 Å². The van der Waals surface area contributed by atoms with Crippen LogP contribution in [0.15, 0.2) is 65.3 Å². The molecule has 0 unspecified atom stereocenters. The van der Waals surface area contributed by atoms with Crippen LogP contribution in [0.2, 0.25) is 0 Å². The van der Waals surface area contributed by atoms with Gasteiger partial charge in [-0.25, -0.2) is 14.6 Å². The zero-order valence-corrected chi connectivity index (χ0v) is 27.3. The van der Waals surface area contributed by atoms with E-state index < -0.39 is 29.9 Å². The fourth-order valence-corrected chi connectivity index (χ4v) is 6.04. The number of aromatic nitrogens is 3. The summed E-state index contributed by atoms with van der Waals surface area (Å²) >= 11 is 0. The third kappa shape index (κ3) is 6.33. The van der Waals surface area contributed by atoms with Crippen LogP contribution in [0.25, 0.3) is 44.5 Å². The first-order valence-electron chi connectivity index (χ1n) is 15.6. The second-order valence-corrected chi connectivity index (χ2v) is 12.7. The van der Waals surface area contributed by atoms with Gasteiger partial charge < -0.3 is 33.8 Å². The number of furan rings is 1. The van der Waals surface area contributed by atoms with Crippen molar-refractivity contribution in [1.82, 2.24) is 24.8 Å². The van der Waals surface area contributed by atoms with Crippen molar-refractivity contribution < 1.29 is 33.0 Å². The van der Waals surface area contributed by atoms with Gasteiger partial charge in [0.2, 0.25) is 5.91 Å². The quantitative estimate of drug-likeness (QED) is 0.201. The lowest BCUT2D eigenvalue weighted by molar-refractivity contribution is -0.137. The van der Waals surface area contributed by atoms with Crippen LogP contribution in [0.3, 0.4) is 0 Å². The lowest BCUT2D eigenvalue weighted by atomic mass is 10.1. The number of amides is 2. The predicted octanol–water partition coefficient (Wildman–Crippen LogP) is 6.65. The Morgan fingerprint density at radius 1 is 1.04 bits per heavy atom. The summed E-state index contributed by atoms with van der Waals surface area (Å²) in [5.74, 6) is 0.404. The Hall–Kier alpha value is -5.10. The smallest absolute Gasteiger partial charge is 0.418 e. The molecule has 1 fully saturated rings. The van der Waals surface area contributed by atoms with E-state index in [1.807, 2.05) is 69.3 Å². The fraction of sp³-hybridized carbons (Fsp3) is 0.371. The molecule has 12 nitrogen and oxygen atoms in total. The number of alkyl carbamates (subject to hydrolysis) is 1. The number of benzene rings is 2. The summed E-state index contributed by atoms with van der Waals surface area (Å²) in [5, 5.41) is 4.53. The van der Waals surface area contributed by atoms with Crippen molar-refractivity contribution in [1.29, 1.82) is 0 Å². The van der Waals surface area contributed by atoms with Gasteiger partial charge in [0.25, 0.3) is 0 Å². The van der Waals surface area contributed by atoms with Gasteiger partial charge in [-0.1, -0.05) is 12.1 Å². The molecule has 12 heteroatoms. The Bertz CT molecular complexity index is 1950. The Morgan fingerprint density at radius 3 is 2.43 bits per heavy atom. The Labute approximate surface area is 272 Å². The molecule has 4 heterocycles. The third-order valence-corrected chi connectivity index (χ3v) is 8.43. The maximum atomic E-state index is 13.6. The second-order valence-electron chi connectivity index (χ2n) is 12.7. The van der Waals surface area contributed by atoms with Gasteiger partial charge in [0.1, 0.15) is 28.6 Å². The molecule has 0 saturated carbocycles. The molecule has 0 aliphatic carbocycles. The molecular weight excluding hydrogens is 602 g/mol. The Balaban J connectivity index is 1.25. The maximum Gasteiger partial charge on any atom is 0.418 e. The molecule has 1 aliphatic heterocycles. The molecule has 3 atom stereocenters. The standard InChI is InChI=1S/C35H39N5O7/c1-20(44-5)30(38-33(42)45-6)32(41)39-15-8-10-27(39)31-36-19-25(37-31)21-11-13-23-24-14-12-22(18-29(24)46-28(23)17-21)26-9-7-16-40(26)34(43)47-35(2,3)4/h7,9,11-14,16-20,27,30H,8,10,15H2,1-6H3,(H,36,37)(H,38,42)/t20-,27+,30+/m1/s1. The van der Waals surface area contributed by atoms with E-state index in [4.69, 9.17) is 18.6 Å². The van der Waals surface area contributed by atoms with Crippen molar-refractivity contribution >= 4 is 40.0 Å². The first-order valence-corrected chi connectivity index (χ1v) is 15.6. The number of H-pyrrole nitrogens is 1. The van der Waals surface area contributed by atoms with Gasteiger partial charge in [0.05, 0.1) is 36.8 Å². The fourth-order valence-electron chi connectivity index (χ4n) is 6.04. The largest absolute Gasteiger partial charge is 0.456 e. The van der Waals surface area contributed by atoms with Gasteiger partial charge in [-0.2, -0.15) is 0 Å². The topological polar surface area (TPSA) is 141 Å². The van der Waals surface area contributed by atoms with E-state index in [-0.39, 0.29) is 11.9 Å². The van der Waals surface area contributed by atoms with Crippen molar-refractivity contribution in [2.45, 2.75) is 64.3 Å². The lowest BCUT2D eigenvalue weighted by Gasteiger charge is -2.30. The van der Waals surface area contributed by atoms with Crippen molar-refractivity contribution in [2.75, 3.05) is 20.8 Å². The monoisotopic (exact) mass is 641 g/mol. The first kappa shape index (κ1) is 31.9. The number of ether oxygens (including phenoxy) is 3. The molecule has 6 rings (SSSR count). The summed E-state index contributed by atoms with van der Waals surface area (Å²) in [4.78, 5) is 48.2. The molecule has 2 aromatic carbocycles. The predicted molar refractivity (Wildman–Crippen MR) is 176 cm³/mol. The van der Waals surface area contributed by atoms with Crippen LogP contribution >= 0.6 is 0 Å². The van der Waals surface area contributed by atoms with Crippen molar-refractivity contribution in [3.8, 4) is 22.5 Å². The zero-order valence-electron chi connectivity index (χ0n) is 27.3. The van der Waals surface area contributed by atoms with E-state index in [1.54, 1.807) is 24.2 Å². The zero-order chi connectivity index (χ0) is 33.5. The highest BCUT2D eigenvalue weighted by Gasteiger charge is 2.38. The van der Waals surface area contributed by atoms with Crippen LogP contribution < -0.4 is 5.32 Å². The summed E-state index contributed by atoms with van der Waals surface area (Å²) in [6.45, 7) is 7.77. The number of rotatable bonds is 7. The number of likely N-dealkylation sites (tertiary alicyclic amines) is 1. The molecule has 2 amide bonds. The number of carbonyl (C=O) groups is 3. The summed E-state index contributed by atoms with van der Waals surface area (Å²) in [6.07, 6.45) is 3.27. The summed E-state index contributed by atoms with van der Waals surface area (Å²) in [6, 6.07) is 14.4. The molecule has 5 aromatic rings. The minimum Gasteiger partial charge on any atom is -0.456 e. The van der Waals surface area contributed by atoms with Crippen molar-refractivity contribution in [2.24, 2.45) is 0 Å². The van der Waals surface area contributed by atoms with Gasteiger partial charge >= 0.3 is 12.2 Å². The van der Waals surface area contributed by atoms with Crippen LogP contribution in [0, 0.1) is 0 Å². The molecule has 0 bridgehead atoms. The number of methoxy groups -OCH3 is 2. The number of aromatic amines is 1. The molecule has 1 aliphatic rings.